The molecule has 0 atom stereocenters. The van der Waals surface area contributed by atoms with Crippen LogP contribution < -0.4 is 5.32 Å². The van der Waals surface area contributed by atoms with Crippen molar-refractivity contribution in [3.8, 4) is 0 Å². The van der Waals surface area contributed by atoms with Crippen molar-refractivity contribution >= 4 is 72.4 Å². The highest BCUT2D eigenvalue weighted by Gasteiger charge is 2.27. The van der Waals surface area contributed by atoms with Gasteiger partial charge in [-0.25, -0.2) is 8.42 Å². The zero-order valence-corrected chi connectivity index (χ0v) is 20.5. The van der Waals surface area contributed by atoms with Gasteiger partial charge in [-0.3, -0.25) is 4.79 Å². The maximum absolute atomic E-state index is 13.3. The molecule has 1 amide bonds. The van der Waals surface area contributed by atoms with E-state index >= 15 is 0 Å². The molecule has 0 radical (unpaired) electrons. The third kappa shape index (κ3) is 6.22. The van der Waals surface area contributed by atoms with Crippen molar-refractivity contribution in [3.63, 3.8) is 0 Å². The number of carbonyl (C=O) groups excluding carboxylic acids is 1. The molecule has 162 valence electrons. The monoisotopic (exact) mass is 560 g/mol. The summed E-state index contributed by atoms with van der Waals surface area (Å²) in [5, 5.41) is 3.67. The highest BCUT2D eigenvalue weighted by molar-refractivity contribution is 9.10. The summed E-state index contributed by atoms with van der Waals surface area (Å²) in [6, 6.07) is 17.7. The average Bonchev–Trinajstić information content (AvgIpc) is 2.72. The van der Waals surface area contributed by atoms with Crippen molar-refractivity contribution < 1.29 is 13.2 Å². The van der Waals surface area contributed by atoms with Gasteiger partial charge in [-0.15, -0.1) is 0 Å². The number of hydrogen-bond acceptors (Lipinski definition) is 3. The number of hydrogen-bond donors (Lipinski definition) is 1. The molecule has 0 spiro atoms. The van der Waals surface area contributed by atoms with E-state index in [0.717, 1.165) is 8.78 Å². The Morgan fingerprint density at radius 1 is 0.903 bits per heavy atom. The molecule has 3 rings (SSSR count). The maximum Gasteiger partial charge on any atom is 0.243 e. The lowest BCUT2D eigenvalue weighted by atomic mass is 10.2. The van der Waals surface area contributed by atoms with Gasteiger partial charge >= 0.3 is 0 Å². The predicted molar refractivity (Wildman–Crippen MR) is 128 cm³/mol. The Morgan fingerprint density at radius 2 is 1.58 bits per heavy atom. The fourth-order valence-electron chi connectivity index (χ4n) is 2.73. The van der Waals surface area contributed by atoms with E-state index in [2.05, 4.69) is 21.2 Å². The molecule has 0 aliphatic heterocycles. The molecule has 0 aromatic heterocycles. The first-order valence-corrected chi connectivity index (χ1v) is 12.3. The molecule has 3 aromatic rings. The minimum absolute atomic E-state index is 0.0603. The van der Waals surface area contributed by atoms with Crippen LogP contribution in [0, 0.1) is 0 Å². The van der Waals surface area contributed by atoms with Crippen molar-refractivity contribution in [2.75, 3.05) is 11.9 Å². The smallest absolute Gasteiger partial charge is 0.243 e. The van der Waals surface area contributed by atoms with Crippen LogP contribution in [0.4, 0.5) is 5.69 Å². The van der Waals surface area contributed by atoms with Gasteiger partial charge in [0.25, 0.3) is 0 Å². The molecule has 0 saturated carbocycles. The normalized spacial score (nSPS) is 11.5. The van der Waals surface area contributed by atoms with Crippen molar-refractivity contribution in [2.45, 2.75) is 11.4 Å². The zero-order chi connectivity index (χ0) is 22.6. The Bertz CT molecular complexity index is 1200. The first kappa shape index (κ1) is 24.0. The molecule has 0 saturated heterocycles. The van der Waals surface area contributed by atoms with Crippen LogP contribution in [0.5, 0.6) is 0 Å². The molecular weight excluding hydrogens is 547 g/mol. The summed E-state index contributed by atoms with van der Waals surface area (Å²) in [4.78, 5) is 12.8. The van der Waals surface area contributed by atoms with Crippen LogP contribution in [0.1, 0.15) is 5.56 Å². The average molecular weight is 563 g/mol. The Kier molecular flexibility index (Phi) is 8.02. The van der Waals surface area contributed by atoms with Crippen LogP contribution in [0.25, 0.3) is 0 Å². The van der Waals surface area contributed by atoms with Gasteiger partial charge in [-0.05, 0) is 54.1 Å². The Labute approximate surface area is 204 Å². The van der Waals surface area contributed by atoms with E-state index in [0.29, 0.717) is 21.3 Å². The van der Waals surface area contributed by atoms with E-state index < -0.39 is 22.5 Å². The van der Waals surface area contributed by atoms with Gasteiger partial charge in [-0.1, -0.05) is 68.9 Å². The minimum Gasteiger partial charge on any atom is -0.325 e. The van der Waals surface area contributed by atoms with Crippen LogP contribution in [-0.2, 0) is 21.4 Å². The summed E-state index contributed by atoms with van der Waals surface area (Å²) >= 11 is 21.4. The number of sulfonamides is 1. The highest BCUT2D eigenvalue weighted by atomic mass is 79.9. The topological polar surface area (TPSA) is 66.5 Å². The summed E-state index contributed by atoms with van der Waals surface area (Å²) < 4.78 is 28.4. The number of anilines is 1. The number of benzene rings is 3. The van der Waals surface area contributed by atoms with E-state index in [9.17, 15) is 13.2 Å². The largest absolute Gasteiger partial charge is 0.325 e. The number of nitrogens with zero attached hydrogens (tertiary/aromatic N) is 1. The number of nitrogens with one attached hydrogen (secondary N) is 1. The second kappa shape index (κ2) is 10.3. The number of carbonyl (C=O) groups is 1. The second-order valence-corrected chi connectivity index (χ2v) is 10.6. The van der Waals surface area contributed by atoms with Gasteiger partial charge < -0.3 is 5.32 Å². The molecule has 5 nitrogen and oxygen atoms in total. The standard InChI is InChI=1S/C21H16BrCl3N2O3S/c22-15-5-8-17(9-6-15)31(29,30)27(12-14-3-1-2-4-18(14)23)13-21(28)26-16-7-10-19(24)20(25)11-16/h1-11H,12-13H2,(H,26,28). The quantitative estimate of drug-likeness (QED) is 0.371. The highest BCUT2D eigenvalue weighted by Crippen LogP contribution is 2.26. The van der Waals surface area contributed by atoms with Crippen LogP contribution in [-0.4, -0.2) is 25.2 Å². The van der Waals surface area contributed by atoms with Gasteiger partial charge in [0.2, 0.25) is 15.9 Å². The predicted octanol–water partition coefficient (Wildman–Crippen LogP) is 6.24. The van der Waals surface area contributed by atoms with Gasteiger partial charge in [0.15, 0.2) is 0 Å². The van der Waals surface area contributed by atoms with Crippen molar-refractivity contribution in [2.24, 2.45) is 0 Å². The molecule has 0 aliphatic carbocycles. The Hall–Kier alpha value is -1.61. The molecule has 0 unspecified atom stereocenters. The zero-order valence-electron chi connectivity index (χ0n) is 15.9. The van der Waals surface area contributed by atoms with Crippen LogP contribution >= 0.6 is 50.7 Å². The number of amides is 1. The van der Waals surface area contributed by atoms with Gasteiger partial charge in [-0.2, -0.15) is 4.31 Å². The van der Waals surface area contributed by atoms with Crippen LogP contribution in [0.15, 0.2) is 76.1 Å². The molecule has 0 aliphatic rings. The summed E-state index contributed by atoms with van der Waals surface area (Å²) in [5.74, 6) is -0.536. The van der Waals surface area contributed by atoms with Gasteiger partial charge in [0.05, 0.1) is 21.5 Å². The summed E-state index contributed by atoms with van der Waals surface area (Å²) in [7, 11) is -3.99. The lowest BCUT2D eigenvalue weighted by molar-refractivity contribution is -0.116. The molecule has 0 heterocycles. The van der Waals surface area contributed by atoms with Crippen molar-refractivity contribution in [1.29, 1.82) is 0 Å². The van der Waals surface area contributed by atoms with Crippen molar-refractivity contribution in [1.82, 2.24) is 4.31 Å². The molecular formula is C21H16BrCl3N2O3S. The van der Waals surface area contributed by atoms with Crippen LogP contribution in [0.2, 0.25) is 15.1 Å². The maximum atomic E-state index is 13.3. The molecule has 3 aromatic carbocycles. The molecule has 0 bridgehead atoms. The van der Waals surface area contributed by atoms with Crippen molar-refractivity contribution in [3.05, 3.63) is 91.8 Å². The van der Waals surface area contributed by atoms with E-state index in [1.807, 2.05) is 0 Å². The fourth-order valence-corrected chi connectivity index (χ4v) is 4.87. The third-order valence-electron chi connectivity index (χ3n) is 4.28. The van der Waals surface area contributed by atoms with E-state index in [1.54, 1.807) is 48.5 Å². The third-order valence-corrected chi connectivity index (χ3v) is 7.72. The number of rotatable bonds is 7. The second-order valence-electron chi connectivity index (χ2n) is 6.50. The first-order chi connectivity index (χ1) is 14.7. The van der Waals surface area contributed by atoms with Crippen LogP contribution in [0.3, 0.4) is 0 Å². The van der Waals surface area contributed by atoms with Gasteiger partial charge in [0, 0.05) is 21.7 Å². The van der Waals surface area contributed by atoms with E-state index in [-0.39, 0.29) is 16.5 Å². The van der Waals surface area contributed by atoms with E-state index in [1.165, 1.54) is 18.2 Å². The Balaban J connectivity index is 1.89. The first-order valence-electron chi connectivity index (χ1n) is 8.91. The lowest BCUT2D eigenvalue weighted by Crippen LogP contribution is -2.37. The molecule has 10 heteroatoms. The Morgan fingerprint density at radius 3 is 2.23 bits per heavy atom. The minimum atomic E-state index is -3.99. The number of halogens is 4. The fraction of sp³-hybridized carbons (Fsp3) is 0.0952. The van der Waals surface area contributed by atoms with Gasteiger partial charge in [0.1, 0.15) is 0 Å². The summed E-state index contributed by atoms with van der Waals surface area (Å²) in [6.07, 6.45) is 0. The molecule has 0 fully saturated rings. The summed E-state index contributed by atoms with van der Waals surface area (Å²) in [5.41, 5.74) is 0.977. The molecule has 1 N–H and O–H groups in total. The van der Waals surface area contributed by atoms with E-state index in [4.69, 9.17) is 34.8 Å². The SMILES string of the molecule is O=C(CN(Cc1ccccc1Cl)S(=O)(=O)c1ccc(Br)cc1)Nc1ccc(Cl)c(Cl)c1. The summed E-state index contributed by atoms with van der Waals surface area (Å²) in [6.45, 7) is -0.503. The molecule has 31 heavy (non-hydrogen) atoms. The lowest BCUT2D eigenvalue weighted by Gasteiger charge is -2.22.